The minimum atomic E-state index is -5.18. The number of halogens is 7. The highest BCUT2D eigenvalue weighted by molar-refractivity contribution is 6.09. The molecule has 4 aromatic rings. The van der Waals surface area contributed by atoms with E-state index in [1.165, 1.54) is 18.2 Å². The molecule has 0 aromatic heterocycles. The van der Waals surface area contributed by atoms with Gasteiger partial charge in [-0.25, -0.2) is 17.6 Å². The average Bonchev–Trinajstić information content (AvgIpc) is 2.69. The van der Waals surface area contributed by atoms with E-state index in [2.05, 4.69) is 0 Å². The van der Waals surface area contributed by atoms with Gasteiger partial charge in [0.25, 0.3) is 0 Å². The van der Waals surface area contributed by atoms with E-state index in [1.54, 1.807) is 12.1 Å². The number of alkyl halides is 3. The van der Waals surface area contributed by atoms with E-state index in [9.17, 15) is 30.7 Å². The molecule has 0 radical (unpaired) electrons. The van der Waals surface area contributed by atoms with E-state index in [1.807, 2.05) is 6.92 Å². The molecule has 0 fully saturated rings. The molecule has 31 heavy (non-hydrogen) atoms. The molecule has 0 aliphatic carbocycles. The van der Waals surface area contributed by atoms with Crippen LogP contribution in [0.4, 0.5) is 30.7 Å². The Kier molecular flexibility index (Phi) is 5.15. The summed E-state index contributed by atoms with van der Waals surface area (Å²) >= 11 is 0. The van der Waals surface area contributed by atoms with Gasteiger partial charge >= 0.3 is 6.18 Å². The maximum atomic E-state index is 14.8. The summed E-state index contributed by atoms with van der Waals surface area (Å²) in [5, 5.41) is 1.03. The lowest BCUT2D eigenvalue weighted by atomic mass is 9.94. The first-order valence-corrected chi connectivity index (χ1v) is 9.51. The third-order valence-corrected chi connectivity index (χ3v) is 5.28. The van der Waals surface area contributed by atoms with Crippen LogP contribution in [0.2, 0.25) is 0 Å². The van der Waals surface area contributed by atoms with Gasteiger partial charge in [-0.05, 0) is 58.1 Å². The summed E-state index contributed by atoms with van der Waals surface area (Å²) in [6.07, 6.45) is -3.95. The topological polar surface area (TPSA) is 0 Å². The highest BCUT2D eigenvalue weighted by Gasteiger charge is 2.38. The summed E-state index contributed by atoms with van der Waals surface area (Å²) in [6.45, 7) is 1.90. The number of benzene rings is 4. The molecule has 4 rings (SSSR count). The van der Waals surface area contributed by atoms with E-state index in [0.717, 1.165) is 12.5 Å². The minimum Gasteiger partial charge on any atom is -0.206 e. The molecule has 0 bridgehead atoms. The van der Waals surface area contributed by atoms with Gasteiger partial charge in [-0.15, -0.1) is 0 Å². The molecule has 0 spiro atoms. The fourth-order valence-electron chi connectivity index (χ4n) is 3.85. The van der Waals surface area contributed by atoms with Gasteiger partial charge < -0.3 is 0 Å². The van der Waals surface area contributed by atoms with Crippen molar-refractivity contribution in [1.82, 2.24) is 0 Å². The molecule has 0 aliphatic heterocycles. The quantitative estimate of drug-likeness (QED) is 0.224. The summed E-state index contributed by atoms with van der Waals surface area (Å²) in [5.41, 5.74) is -1.55. The van der Waals surface area contributed by atoms with Crippen LogP contribution in [-0.2, 0) is 12.6 Å². The predicted octanol–water partition coefficient (Wildman–Crippen LogP) is 8.19. The van der Waals surface area contributed by atoms with Crippen LogP contribution in [0, 0.1) is 23.3 Å². The Morgan fingerprint density at radius 2 is 1.26 bits per heavy atom. The molecule has 0 unspecified atom stereocenters. The zero-order valence-electron chi connectivity index (χ0n) is 16.2. The third-order valence-electron chi connectivity index (χ3n) is 5.28. The van der Waals surface area contributed by atoms with Gasteiger partial charge in [0.1, 0.15) is 28.8 Å². The Labute approximate surface area is 172 Å². The Balaban J connectivity index is 1.90. The lowest BCUT2D eigenvalue weighted by Gasteiger charge is -2.13. The normalized spacial score (nSPS) is 12.1. The summed E-state index contributed by atoms with van der Waals surface area (Å²) in [5.74, 6) is -4.76. The van der Waals surface area contributed by atoms with Crippen molar-refractivity contribution in [3.63, 3.8) is 0 Å². The molecule has 0 saturated heterocycles. The molecule has 0 N–H and O–H groups in total. The fourth-order valence-corrected chi connectivity index (χ4v) is 3.85. The molecular formula is C24H15F7. The molecule has 4 aromatic carbocycles. The van der Waals surface area contributed by atoms with Crippen LogP contribution < -0.4 is 0 Å². The van der Waals surface area contributed by atoms with Crippen LogP contribution in [0.15, 0.2) is 48.5 Å². The molecule has 0 nitrogen and oxygen atoms in total. The first kappa shape index (κ1) is 21.2. The minimum absolute atomic E-state index is 0.0633. The van der Waals surface area contributed by atoms with Crippen molar-refractivity contribution in [3.8, 4) is 11.1 Å². The van der Waals surface area contributed by atoms with E-state index >= 15 is 0 Å². The number of hydrogen-bond acceptors (Lipinski definition) is 0. The second-order valence-corrected chi connectivity index (χ2v) is 7.32. The Morgan fingerprint density at radius 3 is 1.87 bits per heavy atom. The van der Waals surface area contributed by atoms with Gasteiger partial charge in [0.05, 0.1) is 0 Å². The van der Waals surface area contributed by atoms with Gasteiger partial charge in [0.15, 0.2) is 0 Å². The van der Waals surface area contributed by atoms with Crippen LogP contribution >= 0.6 is 0 Å². The molecule has 0 heterocycles. The van der Waals surface area contributed by atoms with Crippen LogP contribution in [0.3, 0.4) is 0 Å². The second kappa shape index (κ2) is 7.55. The molecule has 0 saturated carbocycles. The Morgan fingerprint density at radius 1 is 0.645 bits per heavy atom. The first-order chi connectivity index (χ1) is 14.6. The van der Waals surface area contributed by atoms with Gasteiger partial charge in [-0.3, -0.25) is 0 Å². The van der Waals surface area contributed by atoms with Gasteiger partial charge in [-0.1, -0.05) is 37.6 Å². The number of hydrogen-bond donors (Lipinski definition) is 0. The van der Waals surface area contributed by atoms with E-state index < -0.39 is 35.0 Å². The number of fused-ring (bicyclic) bond motifs is 3. The Bertz CT molecular complexity index is 1300. The van der Waals surface area contributed by atoms with Crippen molar-refractivity contribution >= 4 is 21.5 Å². The highest BCUT2D eigenvalue weighted by atomic mass is 19.4. The number of aryl methyl sites for hydroxylation is 1. The van der Waals surface area contributed by atoms with Crippen molar-refractivity contribution in [2.24, 2.45) is 0 Å². The van der Waals surface area contributed by atoms with Gasteiger partial charge in [0, 0.05) is 10.8 Å². The van der Waals surface area contributed by atoms with Crippen molar-refractivity contribution in [2.45, 2.75) is 25.9 Å². The van der Waals surface area contributed by atoms with Crippen molar-refractivity contribution in [2.75, 3.05) is 0 Å². The molecular weight excluding hydrogens is 421 g/mol. The molecule has 7 heteroatoms. The zero-order valence-corrected chi connectivity index (χ0v) is 16.2. The predicted molar refractivity (Wildman–Crippen MR) is 106 cm³/mol. The second-order valence-electron chi connectivity index (χ2n) is 7.32. The summed E-state index contributed by atoms with van der Waals surface area (Å²) < 4.78 is 95.9. The van der Waals surface area contributed by atoms with Crippen LogP contribution in [0.5, 0.6) is 0 Å². The van der Waals surface area contributed by atoms with Crippen molar-refractivity contribution in [3.05, 3.63) is 82.9 Å². The third kappa shape index (κ3) is 3.62. The summed E-state index contributed by atoms with van der Waals surface area (Å²) in [6, 6.07) is 9.64. The molecule has 0 amide bonds. The van der Waals surface area contributed by atoms with E-state index in [0.29, 0.717) is 34.9 Å². The standard InChI is InChI=1S/C24H15F7/c1-2-3-12-4-6-16-15-7-5-13(8-17(15)19(25)11-18(16)23(12)28)14-9-20(26)22(21(27)10-14)24(29,30)31/h4-11H,2-3H2,1H3. The highest BCUT2D eigenvalue weighted by Crippen LogP contribution is 2.38. The lowest BCUT2D eigenvalue weighted by Crippen LogP contribution is -2.11. The smallest absolute Gasteiger partial charge is 0.206 e. The number of rotatable bonds is 3. The Hall–Kier alpha value is -3.09. The summed E-state index contributed by atoms with van der Waals surface area (Å²) in [4.78, 5) is 0. The summed E-state index contributed by atoms with van der Waals surface area (Å²) in [7, 11) is 0. The average molecular weight is 436 g/mol. The van der Waals surface area contributed by atoms with Crippen molar-refractivity contribution in [1.29, 1.82) is 0 Å². The maximum absolute atomic E-state index is 14.8. The molecule has 0 aliphatic rings. The monoisotopic (exact) mass is 436 g/mol. The maximum Gasteiger partial charge on any atom is 0.422 e. The fraction of sp³-hybridized carbons (Fsp3) is 0.167. The SMILES string of the molecule is CCCc1ccc2c(cc(F)c3cc(-c4cc(F)c(C(F)(F)F)c(F)c4)ccc32)c1F. The lowest BCUT2D eigenvalue weighted by molar-refractivity contribution is -0.142. The molecule has 0 atom stereocenters. The zero-order chi connectivity index (χ0) is 22.5. The van der Waals surface area contributed by atoms with E-state index in [-0.39, 0.29) is 21.9 Å². The van der Waals surface area contributed by atoms with Crippen LogP contribution in [-0.4, -0.2) is 0 Å². The van der Waals surface area contributed by atoms with E-state index in [4.69, 9.17) is 0 Å². The first-order valence-electron chi connectivity index (χ1n) is 9.51. The van der Waals surface area contributed by atoms with Gasteiger partial charge in [-0.2, -0.15) is 13.2 Å². The van der Waals surface area contributed by atoms with Crippen LogP contribution in [0.25, 0.3) is 32.7 Å². The van der Waals surface area contributed by atoms with Crippen LogP contribution in [0.1, 0.15) is 24.5 Å². The molecule has 160 valence electrons. The van der Waals surface area contributed by atoms with Gasteiger partial charge in [0.2, 0.25) is 0 Å². The van der Waals surface area contributed by atoms with Crippen molar-refractivity contribution < 1.29 is 30.7 Å². The largest absolute Gasteiger partial charge is 0.422 e.